The molecule has 1 aliphatic rings. The third kappa shape index (κ3) is 4.05. The Morgan fingerprint density at radius 1 is 1.63 bits per heavy atom. The van der Waals surface area contributed by atoms with E-state index in [0.29, 0.717) is 11.8 Å². The molecule has 0 aromatic carbocycles. The van der Waals surface area contributed by atoms with E-state index in [1.54, 1.807) is 4.90 Å². The van der Waals surface area contributed by atoms with Crippen LogP contribution in [-0.4, -0.2) is 39.9 Å². The summed E-state index contributed by atoms with van der Waals surface area (Å²) < 4.78 is 4.33. The first kappa shape index (κ1) is 14.0. The van der Waals surface area contributed by atoms with Gasteiger partial charge in [0.1, 0.15) is 5.82 Å². The topological polar surface area (TPSA) is 84.1 Å². The highest BCUT2D eigenvalue weighted by Gasteiger charge is 2.24. The maximum atomic E-state index is 11.0. The van der Waals surface area contributed by atoms with Crippen molar-refractivity contribution in [3.8, 4) is 0 Å². The van der Waals surface area contributed by atoms with Gasteiger partial charge in [0.15, 0.2) is 0 Å². The Bertz CT molecular complexity index is 434. The third-order valence-corrected chi connectivity index (χ3v) is 3.91. The number of primary amides is 1. The molecule has 0 aliphatic carbocycles. The van der Waals surface area contributed by atoms with Gasteiger partial charge in [-0.15, -0.1) is 0 Å². The minimum atomic E-state index is -0.322. The van der Waals surface area contributed by atoms with E-state index in [1.807, 2.05) is 0 Å². The number of hydrogen-bond donors (Lipinski definition) is 2. The van der Waals surface area contributed by atoms with Gasteiger partial charge in [0.25, 0.3) is 0 Å². The van der Waals surface area contributed by atoms with E-state index >= 15 is 0 Å². The third-order valence-electron chi connectivity index (χ3n) is 3.20. The molecular weight excluding hydrogens is 262 g/mol. The maximum absolute atomic E-state index is 11.0. The summed E-state index contributed by atoms with van der Waals surface area (Å²) in [7, 11) is 0. The predicted molar refractivity (Wildman–Crippen MR) is 76.2 cm³/mol. The van der Waals surface area contributed by atoms with Crippen LogP contribution in [0, 0.1) is 11.8 Å². The monoisotopic (exact) mass is 283 g/mol. The van der Waals surface area contributed by atoms with Gasteiger partial charge < -0.3 is 16.0 Å². The zero-order valence-corrected chi connectivity index (χ0v) is 12.2. The van der Waals surface area contributed by atoms with Crippen molar-refractivity contribution in [1.29, 1.82) is 0 Å². The molecule has 1 saturated heterocycles. The zero-order valence-electron chi connectivity index (χ0n) is 11.4. The number of rotatable bonds is 5. The lowest BCUT2D eigenvalue weighted by molar-refractivity contribution is 0.217. The molecule has 19 heavy (non-hydrogen) atoms. The highest BCUT2D eigenvalue weighted by atomic mass is 32.1. The van der Waals surface area contributed by atoms with Gasteiger partial charge in [0.05, 0.1) is 0 Å². The molecule has 2 amide bonds. The van der Waals surface area contributed by atoms with Crippen LogP contribution in [0.25, 0.3) is 0 Å². The smallest absolute Gasteiger partial charge is 0.314 e. The fraction of sp³-hybridized carbons (Fsp3) is 0.750. The van der Waals surface area contributed by atoms with Crippen LogP contribution in [0.4, 0.5) is 9.93 Å². The van der Waals surface area contributed by atoms with Gasteiger partial charge in [-0.05, 0) is 18.3 Å². The Kier molecular flexibility index (Phi) is 4.57. The number of nitrogens with one attached hydrogen (secondary N) is 1. The van der Waals surface area contributed by atoms with Gasteiger partial charge in [-0.25, -0.2) is 9.78 Å². The largest absolute Gasteiger partial charge is 0.360 e. The van der Waals surface area contributed by atoms with Crippen molar-refractivity contribution in [1.82, 2.24) is 14.3 Å². The average molecular weight is 283 g/mol. The van der Waals surface area contributed by atoms with Crippen molar-refractivity contribution in [2.75, 3.05) is 25.0 Å². The fourth-order valence-electron chi connectivity index (χ4n) is 2.20. The summed E-state index contributed by atoms with van der Waals surface area (Å²) >= 11 is 1.40. The van der Waals surface area contributed by atoms with E-state index in [-0.39, 0.29) is 6.03 Å². The SMILES string of the molecule is CC(C)Cc1nsc(NCC2CCN(C(N)=O)C2)n1. The standard InChI is InChI=1S/C12H21N5OS/c1-8(2)5-10-15-12(19-16-10)14-6-9-3-4-17(7-9)11(13)18/h8-9H,3-7H2,1-2H3,(H2,13,18)(H,14,15,16). The van der Waals surface area contributed by atoms with Crippen LogP contribution < -0.4 is 11.1 Å². The first-order valence-electron chi connectivity index (χ1n) is 6.65. The van der Waals surface area contributed by atoms with Crippen LogP contribution in [0.3, 0.4) is 0 Å². The highest BCUT2D eigenvalue weighted by Crippen LogP contribution is 2.18. The number of nitrogens with zero attached hydrogens (tertiary/aromatic N) is 3. The van der Waals surface area contributed by atoms with E-state index in [2.05, 4.69) is 28.5 Å². The van der Waals surface area contributed by atoms with E-state index in [0.717, 1.165) is 43.4 Å². The number of urea groups is 1. The summed E-state index contributed by atoms with van der Waals surface area (Å²) in [6.07, 6.45) is 1.91. The number of anilines is 1. The van der Waals surface area contributed by atoms with Crippen molar-refractivity contribution in [3.63, 3.8) is 0 Å². The number of hydrogen-bond acceptors (Lipinski definition) is 5. The number of amides is 2. The molecule has 1 aromatic rings. The van der Waals surface area contributed by atoms with Crippen LogP contribution in [-0.2, 0) is 6.42 Å². The molecule has 0 saturated carbocycles. The number of nitrogens with two attached hydrogens (primary N) is 1. The van der Waals surface area contributed by atoms with Crippen LogP contribution >= 0.6 is 11.5 Å². The van der Waals surface area contributed by atoms with Crippen LogP contribution in [0.5, 0.6) is 0 Å². The molecule has 6 nitrogen and oxygen atoms in total. The lowest BCUT2D eigenvalue weighted by Gasteiger charge is -2.13. The molecule has 106 valence electrons. The first-order valence-corrected chi connectivity index (χ1v) is 7.42. The summed E-state index contributed by atoms with van der Waals surface area (Å²) in [6.45, 7) is 6.63. The average Bonchev–Trinajstić information content (AvgIpc) is 2.94. The van der Waals surface area contributed by atoms with E-state index in [9.17, 15) is 4.79 Å². The maximum Gasteiger partial charge on any atom is 0.314 e. The van der Waals surface area contributed by atoms with Crippen molar-refractivity contribution in [2.24, 2.45) is 17.6 Å². The van der Waals surface area contributed by atoms with Gasteiger partial charge in [-0.3, -0.25) is 0 Å². The number of carbonyl (C=O) groups excluding carboxylic acids is 1. The molecule has 0 radical (unpaired) electrons. The van der Waals surface area contributed by atoms with E-state index < -0.39 is 0 Å². The molecule has 1 fully saturated rings. The Hall–Kier alpha value is -1.37. The van der Waals surface area contributed by atoms with Gasteiger partial charge in [-0.1, -0.05) is 13.8 Å². The molecule has 1 aromatic heterocycles. The Labute approximate surface area is 117 Å². The lowest BCUT2D eigenvalue weighted by Crippen LogP contribution is -2.34. The van der Waals surface area contributed by atoms with Gasteiger partial charge in [-0.2, -0.15) is 4.37 Å². The molecule has 7 heteroatoms. The highest BCUT2D eigenvalue weighted by molar-refractivity contribution is 7.09. The molecule has 1 unspecified atom stereocenters. The Morgan fingerprint density at radius 3 is 3.05 bits per heavy atom. The predicted octanol–water partition coefficient (Wildman–Crippen LogP) is 1.55. The second-order valence-electron chi connectivity index (χ2n) is 5.43. The minimum absolute atomic E-state index is 0.322. The second-order valence-corrected chi connectivity index (χ2v) is 6.19. The fourth-order valence-corrected chi connectivity index (χ4v) is 2.81. The van der Waals surface area contributed by atoms with Gasteiger partial charge >= 0.3 is 6.03 Å². The van der Waals surface area contributed by atoms with Crippen LogP contribution in [0.1, 0.15) is 26.1 Å². The number of aromatic nitrogens is 2. The molecular formula is C12H21N5OS. The quantitative estimate of drug-likeness (QED) is 0.858. The minimum Gasteiger partial charge on any atom is -0.360 e. The Balaban J connectivity index is 1.77. The molecule has 2 rings (SSSR count). The molecule has 2 heterocycles. The second kappa shape index (κ2) is 6.18. The number of carbonyl (C=O) groups is 1. The van der Waals surface area contributed by atoms with Gasteiger partial charge in [0.2, 0.25) is 5.13 Å². The Morgan fingerprint density at radius 2 is 2.42 bits per heavy atom. The molecule has 3 N–H and O–H groups in total. The van der Waals surface area contributed by atoms with Crippen molar-refractivity contribution < 1.29 is 4.79 Å². The van der Waals surface area contributed by atoms with Crippen LogP contribution in [0.2, 0.25) is 0 Å². The van der Waals surface area contributed by atoms with Crippen molar-refractivity contribution in [3.05, 3.63) is 5.82 Å². The summed E-state index contributed by atoms with van der Waals surface area (Å²) in [4.78, 5) is 17.2. The first-order chi connectivity index (χ1) is 9.04. The van der Waals surface area contributed by atoms with E-state index in [1.165, 1.54) is 11.5 Å². The van der Waals surface area contributed by atoms with Crippen LogP contribution in [0.15, 0.2) is 0 Å². The molecule has 0 spiro atoms. The molecule has 0 bridgehead atoms. The normalized spacial score (nSPS) is 19.1. The summed E-state index contributed by atoms with van der Waals surface area (Å²) in [5.41, 5.74) is 5.26. The molecule has 1 aliphatic heterocycles. The lowest BCUT2D eigenvalue weighted by atomic mass is 10.1. The van der Waals surface area contributed by atoms with Crippen molar-refractivity contribution >= 4 is 22.7 Å². The zero-order chi connectivity index (χ0) is 13.8. The summed E-state index contributed by atoms with van der Waals surface area (Å²) in [5.74, 6) is 1.93. The van der Waals surface area contributed by atoms with Gasteiger partial charge in [0, 0.05) is 37.6 Å². The summed E-state index contributed by atoms with van der Waals surface area (Å²) in [5, 5.41) is 4.17. The number of likely N-dealkylation sites (tertiary alicyclic amines) is 1. The van der Waals surface area contributed by atoms with Crippen molar-refractivity contribution in [2.45, 2.75) is 26.7 Å². The summed E-state index contributed by atoms with van der Waals surface area (Å²) in [6, 6.07) is -0.322. The molecule has 1 atom stereocenters. The van der Waals surface area contributed by atoms with E-state index in [4.69, 9.17) is 5.73 Å².